The second-order valence-corrected chi connectivity index (χ2v) is 2.02. The second kappa shape index (κ2) is 3.36. The maximum atomic E-state index is 9.70. The Balaban J connectivity index is 0. The topological polar surface area (TPSA) is 80.7 Å². The van der Waals surface area contributed by atoms with Gasteiger partial charge in [-0.05, 0) is 0 Å². The Hall–Kier alpha value is -0.690. The second-order valence-electron chi connectivity index (χ2n) is 1.00. The minimum absolute atomic E-state index is 0. The van der Waals surface area contributed by atoms with E-state index in [1.54, 1.807) is 0 Å². The van der Waals surface area contributed by atoms with Gasteiger partial charge < -0.3 is 4.18 Å². The number of hydrogen-bond acceptors (Lipinski definition) is 4. The van der Waals surface area contributed by atoms with E-state index < -0.39 is 16.4 Å². The molecule has 0 aliphatic carbocycles. The highest BCUT2D eigenvalue weighted by Gasteiger charge is 2.06. The van der Waals surface area contributed by atoms with Gasteiger partial charge in [-0.3, -0.25) is 14.1 Å². The van der Waals surface area contributed by atoms with Crippen LogP contribution in [0.5, 0.6) is 0 Å². The SMILES string of the molecule is CC(=O)OS(=O)(=O)O.F. The van der Waals surface area contributed by atoms with Crippen LogP contribution in [0.4, 0.5) is 4.70 Å². The van der Waals surface area contributed by atoms with Crippen molar-refractivity contribution in [2.75, 3.05) is 0 Å². The molecule has 0 radical (unpaired) electrons. The number of halogens is 1. The van der Waals surface area contributed by atoms with Crippen molar-refractivity contribution in [2.24, 2.45) is 0 Å². The van der Waals surface area contributed by atoms with Crippen LogP contribution in [0.3, 0.4) is 0 Å². The summed E-state index contributed by atoms with van der Waals surface area (Å²) in [6.07, 6.45) is 0. The first-order valence-corrected chi connectivity index (χ1v) is 2.96. The smallest absolute Gasteiger partial charge is 0.325 e. The van der Waals surface area contributed by atoms with Gasteiger partial charge in [0, 0.05) is 6.92 Å². The van der Waals surface area contributed by atoms with Gasteiger partial charge in [-0.15, -0.1) is 0 Å². The minimum Gasteiger partial charge on any atom is -0.325 e. The highest BCUT2D eigenvalue weighted by molar-refractivity contribution is 7.81. The molecule has 0 bridgehead atoms. The first-order valence-electron chi connectivity index (χ1n) is 1.59. The van der Waals surface area contributed by atoms with E-state index in [1.165, 1.54) is 0 Å². The summed E-state index contributed by atoms with van der Waals surface area (Å²) in [5.74, 6) is -1.06. The van der Waals surface area contributed by atoms with Crippen molar-refractivity contribution >= 4 is 16.4 Å². The first kappa shape index (κ1) is 11.2. The maximum Gasteiger partial charge on any atom is 0.448 e. The fraction of sp³-hybridized carbons (Fsp3) is 0.500. The zero-order valence-electron chi connectivity index (χ0n) is 4.40. The summed E-state index contributed by atoms with van der Waals surface area (Å²) in [6, 6.07) is 0. The summed E-state index contributed by atoms with van der Waals surface area (Å²) in [5, 5.41) is 0. The van der Waals surface area contributed by atoms with Crippen LogP contribution in [-0.4, -0.2) is 18.9 Å². The van der Waals surface area contributed by atoms with Gasteiger partial charge in [-0.2, -0.15) is 8.42 Å². The molecule has 9 heavy (non-hydrogen) atoms. The summed E-state index contributed by atoms with van der Waals surface area (Å²) in [6.45, 7) is 0.869. The molecule has 0 aliphatic rings. The van der Waals surface area contributed by atoms with E-state index in [4.69, 9.17) is 4.55 Å². The third kappa shape index (κ3) is 11.1. The van der Waals surface area contributed by atoms with Crippen molar-refractivity contribution in [3.63, 3.8) is 0 Å². The Morgan fingerprint density at radius 3 is 1.89 bits per heavy atom. The van der Waals surface area contributed by atoms with Gasteiger partial charge in [0.2, 0.25) is 0 Å². The lowest BCUT2D eigenvalue weighted by atomic mass is 10.9. The fourth-order valence-corrected chi connectivity index (χ4v) is 0.445. The third-order valence-corrected chi connectivity index (χ3v) is 0.668. The summed E-state index contributed by atoms with van der Waals surface area (Å²) in [5.41, 5.74) is 0. The first-order chi connectivity index (χ1) is 3.42. The highest BCUT2D eigenvalue weighted by Crippen LogP contribution is 1.84. The van der Waals surface area contributed by atoms with Crippen LogP contribution in [0, 0.1) is 0 Å². The van der Waals surface area contributed by atoms with Crippen LogP contribution in [0.2, 0.25) is 0 Å². The monoisotopic (exact) mass is 160 g/mol. The molecule has 0 saturated heterocycles. The number of carbonyl (C=O) groups is 1. The molecule has 0 fully saturated rings. The quantitative estimate of drug-likeness (QED) is 0.523. The average molecular weight is 160 g/mol. The Morgan fingerprint density at radius 2 is 1.89 bits per heavy atom. The predicted octanol–water partition coefficient (Wildman–Crippen LogP) is -0.495. The number of carbonyl (C=O) groups excluding carboxylic acids is 1. The van der Waals surface area contributed by atoms with Crippen LogP contribution in [-0.2, 0) is 19.4 Å². The lowest BCUT2D eigenvalue weighted by molar-refractivity contribution is -0.131. The Kier molecular flexibility index (Phi) is 4.16. The molecule has 0 aromatic rings. The molecule has 56 valence electrons. The molecule has 0 atom stereocenters. The van der Waals surface area contributed by atoms with Crippen molar-refractivity contribution in [3.8, 4) is 0 Å². The molecule has 0 saturated carbocycles. The van der Waals surface area contributed by atoms with Crippen molar-refractivity contribution in [1.29, 1.82) is 0 Å². The molecular weight excluding hydrogens is 155 g/mol. The van der Waals surface area contributed by atoms with E-state index in [0.717, 1.165) is 6.92 Å². The third-order valence-electron chi connectivity index (χ3n) is 0.223. The van der Waals surface area contributed by atoms with Crippen LogP contribution < -0.4 is 0 Å². The van der Waals surface area contributed by atoms with Crippen LogP contribution in [0.15, 0.2) is 0 Å². The average Bonchev–Trinajstić information content (AvgIpc) is 1.21. The van der Waals surface area contributed by atoms with E-state index in [2.05, 4.69) is 4.18 Å². The van der Waals surface area contributed by atoms with E-state index in [0.29, 0.717) is 0 Å². The lowest BCUT2D eigenvalue weighted by Gasteiger charge is -1.90. The van der Waals surface area contributed by atoms with Crippen molar-refractivity contribution in [1.82, 2.24) is 0 Å². The van der Waals surface area contributed by atoms with Gasteiger partial charge >= 0.3 is 16.4 Å². The van der Waals surface area contributed by atoms with Gasteiger partial charge in [-0.1, -0.05) is 0 Å². The molecule has 5 nitrogen and oxygen atoms in total. The molecule has 0 aromatic carbocycles. The van der Waals surface area contributed by atoms with Gasteiger partial charge in [0.05, 0.1) is 0 Å². The molecule has 0 amide bonds. The van der Waals surface area contributed by atoms with Gasteiger partial charge in [0.25, 0.3) is 0 Å². The van der Waals surface area contributed by atoms with Crippen LogP contribution in [0.1, 0.15) is 6.92 Å². The molecule has 0 heterocycles. The minimum atomic E-state index is -4.57. The van der Waals surface area contributed by atoms with Crippen molar-refractivity contribution < 1.29 is 26.7 Å². The molecular formula is C2H5FO5S. The Bertz CT molecular complexity index is 181. The van der Waals surface area contributed by atoms with Gasteiger partial charge in [-0.25, -0.2) is 0 Å². The van der Waals surface area contributed by atoms with E-state index in [-0.39, 0.29) is 4.70 Å². The van der Waals surface area contributed by atoms with E-state index >= 15 is 0 Å². The summed E-state index contributed by atoms with van der Waals surface area (Å²) >= 11 is 0. The predicted molar refractivity (Wildman–Crippen MR) is 25.8 cm³/mol. The summed E-state index contributed by atoms with van der Waals surface area (Å²) < 4.78 is 30.2. The largest absolute Gasteiger partial charge is 0.448 e. The summed E-state index contributed by atoms with van der Waals surface area (Å²) in [7, 11) is -4.57. The molecule has 1 N–H and O–H groups in total. The Labute approximate surface area is 50.9 Å². The van der Waals surface area contributed by atoms with Crippen molar-refractivity contribution in [2.45, 2.75) is 6.92 Å². The molecule has 0 aromatic heterocycles. The molecule has 0 unspecified atom stereocenters. The molecule has 0 rings (SSSR count). The number of rotatable bonds is 1. The van der Waals surface area contributed by atoms with Crippen LogP contribution in [0.25, 0.3) is 0 Å². The molecule has 0 spiro atoms. The fourth-order valence-electron chi connectivity index (χ4n) is 0.148. The standard InChI is InChI=1S/C2H4O5S.FH/c1-2(3)7-8(4,5)6;/h1H3,(H,4,5,6);1H. The Morgan fingerprint density at radius 1 is 1.56 bits per heavy atom. The summed E-state index contributed by atoms with van der Waals surface area (Å²) in [4.78, 5) is 9.70. The maximum absolute atomic E-state index is 9.70. The highest BCUT2D eigenvalue weighted by atomic mass is 32.3. The van der Waals surface area contributed by atoms with Gasteiger partial charge in [0.1, 0.15) is 0 Å². The van der Waals surface area contributed by atoms with E-state index in [9.17, 15) is 13.2 Å². The van der Waals surface area contributed by atoms with E-state index in [1.807, 2.05) is 0 Å². The van der Waals surface area contributed by atoms with Crippen LogP contribution >= 0.6 is 0 Å². The molecule has 0 aliphatic heterocycles. The lowest BCUT2D eigenvalue weighted by Crippen LogP contribution is -2.07. The van der Waals surface area contributed by atoms with Crippen molar-refractivity contribution in [3.05, 3.63) is 0 Å². The zero-order chi connectivity index (χ0) is 6.78. The van der Waals surface area contributed by atoms with Gasteiger partial charge in [0.15, 0.2) is 0 Å². The zero-order valence-corrected chi connectivity index (χ0v) is 5.21. The number of hydrogen-bond donors (Lipinski definition) is 1. The molecule has 7 heteroatoms. The normalized spacial score (nSPS) is 9.56.